The van der Waals surface area contributed by atoms with E-state index in [0.29, 0.717) is 0 Å². The SMILES string of the molecule is CCCc1ncc(-c2ccc(C)cc2)o1. The van der Waals surface area contributed by atoms with Gasteiger partial charge in [0.15, 0.2) is 11.7 Å². The fourth-order valence-electron chi connectivity index (χ4n) is 1.49. The van der Waals surface area contributed by atoms with Crippen LogP contribution in [0.3, 0.4) is 0 Å². The maximum atomic E-state index is 5.64. The molecule has 0 N–H and O–H groups in total. The lowest BCUT2D eigenvalue weighted by Gasteiger charge is -1.96. The van der Waals surface area contributed by atoms with Crippen molar-refractivity contribution in [3.8, 4) is 11.3 Å². The lowest BCUT2D eigenvalue weighted by Crippen LogP contribution is -1.79. The fourth-order valence-corrected chi connectivity index (χ4v) is 1.49. The molecular formula is C13H15NO. The summed E-state index contributed by atoms with van der Waals surface area (Å²) in [5.41, 5.74) is 2.35. The summed E-state index contributed by atoms with van der Waals surface area (Å²) >= 11 is 0. The van der Waals surface area contributed by atoms with Gasteiger partial charge in [-0.3, -0.25) is 0 Å². The number of rotatable bonds is 3. The van der Waals surface area contributed by atoms with Crippen molar-refractivity contribution in [2.75, 3.05) is 0 Å². The van der Waals surface area contributed by atoms with E-state index in [-0.39, 0.29) is 0 Å². The van der Waals surface area contributed by atoms with E-state index in [9.17, 15) is 0 Å². The molecule has 2 aromatic rings. The zero-order chi connectivity index (χ0) is 10.7. The maximum Gasteiger partial charge on any atom is 0.194 e. The Kier molecular flexibility index (Phi) is 2.86. The second-order valence-electron chi connectivity index (χ2n) is 3.73. The Morgan fingerprint density at radius 2 is 1.93 bits per heavy atom. The van der Waals surface area contributed by atoms with Crippen molar-refractivity contribution in [1.29, 1.82) is 0 Å². The van der Waals surface area contributed by atoms with Gasteiger partial charge in [-0.05, 0) is 13.3 Å². The molecule has 2 nitrogen and oxygen atoms in total. The van der Waals surface area contributed by atoms with E-state index < -0.39 is 0 Å². The number of benzene rings is 1. The number of aromatic nitrogens is 1. The van der Waals surface area contributed by atoms with Crippen molar-refractivity contribution in [2.45, 2.75) is 26.7 Å². The molecule has 0 bridgehead atoms. The van der Waals surface area contributed by atoms with E-state index >= 15 is 0 Å². The molecule has 0 saturated heterocycles. The molecule has 0 saturated carbocycles. The third-order valence-electron chi connectivity index (χ3n) is 2.35. The summed E-state index contributed by atoms with van der Waals surface area (Å²) in [5.74, 6) is 1.69. The van der Waals surface area contributed by atoms with Gasteiger partial charge >= 0.3 is 0 Å². The Morgan fingerprint density at radius 3 is 2.60 bits per heavy atom. The van der Waals surface area contributed by atoms with Crippen LogP contribution in [0.1, 0.15) is 24.8 Å². The predicted molar refractivity (Wildman–Crippen MR) is 60.7 cm³/mol. The molecule has 1 aromatic heterocycles. The van der Waals surface area contributed by atoms with Crippen LogP contribution in [-0.2, 0) is 6.42 Å². The third kappa shape index (κ3) is 2.27. The second kappa shape index (κ2) is 4.30. The molecule has 0 aliphatic carbocycles. The van der Waals surface area contributed by atoms with Crippen LogP contribution >= 0.6 is 0 Å². The summed E-state index contributed by atoms with van der Waals surface area (Å²) in [6.45, 7) is 4.20. The molecule has 0 radical (unpaired) electrons. The van der Waals surface area contributed by atoms with Crippen LogP contribution in [0.5, 0.6) is 0 Å². The first kappa shape index (κ1) is 9.97. The Labute approximate surface area is 90.0 Å². The molecule has 15 heavy (non-hydrogen) atoms. The van der Waals surface area contributed by atoms with E-state index in [0.717, 1.165) is 30.1 Å². The molecule has 1 heterocycles. The largest absolute Gasteiger partial charge is 0.441 e. The van der Waals surface area contributed by atoms with Gasteiger partial charge in [0.2, 0.25) is 0 Å². The summed E-state index contributed by atoms with van der Waals surface area (Å²) in [6, 6.07) is 8.28. The highest BCUT2D eigenvalue weighted by Crippen LogP contribution is 2.21. The normalized spacial score (nSPS) is 10.5. The van der Waals surface area contributed by atoms with Crippen LogP contribution in [0.25, 0.3) is 11.3 Å². The van der Waals surface area contributed by atoms with Gasteiger partial charge in [-0.1, -0.05) is 36.8 Å². The van der Waals surface area contributed by atoms with Gasteiger partial charge in [0.05, 0.1) is 6.20 Å². The predicted octanol–water partition coefficient (Wildman–Crippen LogP) is 3.60. The molecule has 0 fully saturated rings. The summed E-state index contributed by atoms with van der Waals surface area (Å²) in [7, 11) is 0. The van der Waals surface area contributed by atoms with Crippen molar-refractivity contribution in [1.82, 2.24) is 4.98 Å². The Balaban J connectivity index is 2.25. The van der Waals surface area contributed by atoms with Gasteiger partial charge in [0.25, 0.3) is 0 Å². The highest BCUT2D eigenvalue weighted by Gasteiger charge is 2.04. The molecule has 0 spiro atoms. The lowest BCUT2D eigenvalue weighted by molar-refractivity contribution is 0.503. The van der Waals surface area contributed by atoms with Crippen LogP contribution < -0.4 is 0 Å². The average Bonchev–Trinajstić information content (AvgIpc) is 2.68. The highest BCUT2D eigenvalue weighted by atomic mass is 16.4. The smallest absolute Gasteiger partial charge is 0.194 e. The van der Waals surface area contributed by atoms with Crippen LogP contribution in [-0.4, -0.2) is 4.98 Å². The van der Waals surface area contributed by atoms with Crippen LogP contribution in [0.2, 0.25) is 0 Å². The summed E-state index contributed by atoms with van der Waals surface area (Å²) in [4.78, 5) is 4.24. The van der Waals surface area contributed by atoms with Crippen LogP contribution in [0.15, 0.2) is 34.9 Å². The van der Waals surface area contributed by atoms with Gasteiger partial charge in [0.1, 0.15) is 0 Å². The van der Waals surface area contributed by atoms with E-state index in [1.54, 1.807) is 6.20 Å². The first-order valence-corrected chi connectivity index (χ1v) is 5.31. The molecule has 0 unspecified atom stereocenters. The number of oxazole rings is 1. The van der Waals surface area contributed by atoms with E-state index in [1.807, 2.05) is 0 Å². The highest BCUT2D eigenvalue weighted by molar-refractivity contribution is 5.56. The van der Waals surface area contributed by atoms with Crippen LogP contribution in [0.4, 0.5) is 0 Å². The lowest BCUT2D eigenvalue weighted by atomic mass is 10.1. The van der Waals surface area contributed by atoms with E-state index in [4.69, 9.17) is 4.42 Å². The monoisotopic (exact) mass is 201 g/mol. The van der Waals surface area contributed by atoms with E-state index in [1.165, 1.54) is 5.56 Å². The Hall–Kier alpha value is -1.57. The zero-order valence-electron chi connectivity index (χ0n) is 9.16. The van der Waals surface area contributed by atoms with Crippen LogP contribution in [0, 0.1) is 6.92 Å². The third-order valence-corrected chi connectivity index (χ3v) is 2.35. The van der Waals surface area contributed by atoms with Crippen molar-refractivity contribution >= 4 is 0 Å². The fraction of sp³-hybridized carbons (Fsp3) is 0.308. The molecule has 0 amide bonds. The summed E-state index contributed by atoms with van der Waals surface area (Å²) in [5, 5.41) is 0. The number of hydrogen-bond donors (Lipinski definition) is 0. The molecule has 2 rings (SSSR count). The molecule has 0 aliphatic rings. The quantitative estimate of drug-likeness (QED) is 0.758. The molecule has 0 aliphatic heterocycles. The standard InChI is InChI=1S/C13H15NO/c1-3-4-13-14-9-12(15-13)11-7-5-10(2)6-8-11/h5-9H,3-4H2,1-2H3. The number of hydrogen-bond acceptors (Lipinski definition) is 2. The Bertz CT molecular complexity index is 428. The second-order valence-corrected chi connectivity index (χ2v) is 3.73. The number of nitrogens with zero attached hydrogens (tertiary/aromatic N) is 1. The van der Waals surface area contributed by atoms with Crippen molar-refractivity contribution < 1.29 is 4.42 Å². The van der Waals surface area contributed by atoms with Gasteiger partial charge < -0.3 is 4.42 Å². The van der Waals surface area contributed by atoms with Gasteiger partial charge in [-0.2, -0.15) is 0 Å². The topological polar surface area (TPSA) is 26.0 Å². The molecule has 78 valence electrons. The van der Waals surface area contributed by atoms with Gasteiger partial charge in [-0.15, -0.1) is 0 Å². The number of aryl methyl sites for hydroxylation is 2. The summed E-state index contributed by atoms with van der Waals surface area (Å²) in [6.07, 6.45) is 3.77. The Morgan fingerprint density at radius 1 is 1.20 bits per heavy atom. The molecular weight excluding hydrogens is 186 g/mol. The molecule has 0 atom stereocenters. The van der Waals surface area contributed by atoms with Gasteiger partial charge in [-0.25, -0.2) is 4.98 Å². The van der Waals surface area contributed by atoms with Crippen molar-refractivity contribution in [2.24, 2.45) is 0 Å². The zero-order valence-corrected chi connectivity index (χ0v) is 9.16. The van der Waals surface area contributed by atoms with Gasteiger partial charge in [0, 0.05) is 12.0 Å². The minimum absolute atomic E-state index is 0.827. The average molecular weight is 201 g/mol. The minimum Gasteiger partial charge on any atom is -0.441 e. The maximum absolute atomic E-state index is 5.64. The van der Waals surface area contributed by atoms with Crippen molar-refractivity contribution in [3.05, 3.63) is 41.9 Å². The first-order valence-electron chi connectivity index (χ1n) is 5.31. The van der Waals surface area contributed by atoms with E-state index in [2.05, 4.69) is 43.1 Å². The molecule has 1 aromatic carbocycles. The first-order chi connectivity index (χ1) is 7.29. The summed E-state index contributed by atoms with van der Waals surface area (Å²) < 4.78 is 5.64. The van der Waals surface area contributed by atoms with Crippen molar-refractivity contribution in [3.63, 3.8) is 0 Å². The molecule has 2 heteroatoms. The minimum atomic E-state index is 0.827.